The summed E-state index contributed by atoms with van der Waals surface area (Å²) in [6.07, 6.45) is 0.690. The molecule has 0 spiro atoms. The normalized spacial score (nSPS) is 14.3. The van der Waals surface area contributed by atoms with Crippen molar-refractivity contribution in [1.29, 1.82) is 0 Å². The Labute approximate surface area is 142 Å². The molecule has 0 unspecified atom stereocenters. The molecular formula is C18H24N2O4. The first-order valence-electron chi connectivity index (χ1n) is 7.95. The van der Waals surface area contributed by atoms with Gasteiger partial charge in [0, 0.05) is 5.56 Å². The lowest BCUT2D eigenvalue weighted by Crippen LogP contribution is -2.31. The van der Waals surface area contributed by atoms with E-state index in [9.17, 15) is 9.59 Å². The van der Waals surface area contributed by atoms with Crippen LogP contribution in [-0.2, 0) is 14.3 Å². The van der Waals surface area contributed by atoms with Gasteiger partial charge < -0.3 is 9.47 Å². The van der Waals surface area contributed by atoms with E-state index >= 15 is 0 Å². The van der Waals surface area contributed by atoms with Crippen molar-refractivity contribution in [1.82, 2.24) is 0 Å². The van der Waals surface area contributed by atoms with Gasteiger partial charge in [-0.2, -0.15) is 10.2 Å². The molecule has 0 aromatic heterocycles. The van der Waals surface area contributed by atoms with E-state index in [2.05, 4.69) is 10.2 Å². The molecular weight excluding hydrogens is 308 g/mol. The Balaban J connectivity index is 1.85. The molecule has 0 amide bonds. The zero-order chi connectivity index (χ0) is 17.8. The highest BCUT2D eigenvalue weighted by Gasteiger charge is 2.31. The average Bonchev–Trinajstić information content (AvgIpc) is 3.35. The van der Waals surface area contributed by atoms with Crippen LogP contribution >= 0.6 is 0 Å². The maximum Gasteiger partial charge on any atom is 0.338 e. The standard InChI is InChI=1S/C18H24N2O4/c1-17(2,10-23-12-21)9-18(3,4)11-24-16(22)14-7-5-13(6-8-14)15-19-20-15/h5-8,12,15H,9-11H2,1-4H3. The van der Waals surface area contributed by atoms with Gasteiger partial charge in [-0.15, -0.1) is 0 Å². The minimum Gasteiger partial charge on any atom is -0.467 e. The number of carbonyl (C=O) groups is 2. The zero-order valence-electron chi connectivity index (χ0n) is 14.6. The van der Waals surface area contributed by atoms with Crippen molar-refractivity contribution in [3.8, 4) is 0 Å². The number of esters is 1. The highest BCUT2D eigenvalue weighted by atomic mass is 16.5. The van der Waals surface area contributed by atoms with Crippen LogP contribution in [0.15, 0.2) is 34.5 Å². The van der Waals surface area contributed by atoms with Crippen molar-refractivity contribution in [2.45, 2.75) is 40.3 Å². The number of rotatable bonds is 9. The van der Waals surface area contributed by atoms with Crippen LogP contribution in [0.2, 0.25) is 0 Å². The molecule has 0 fully saturated rings. The van der Waals surface area contributed by atoms with Crippen LogP contribution in [0.4, 0.5) is 0 Å². The monoisotopic (exact) mass is 332 g/mol. The SMILES string of the molecule is CC(C)(COC=O)CC(C)(C)COC(=O)c1ccc(C2N=N2)cc1. The van der Waals surface area contributed by atoms with Gasteiger partial charge in [-0.1, -0.05) is 39.8 Å². The smallest absolute Gasteiger partial charge is 0.338 e. The molecule has 1 aromatic carbocycles. The number of ether oxygens (including phenoxy) is 2. The molecule has 6 heteroatoms. The molecule has 0 saturated heterocycles. The summed E-state index contributed by atoms with van der Waals surface area (Å²) in [5.74, 6) is -0.346. The highest BCUT2D eigenvalue weighted by Crippen LogP contribution is 2.34. The predicted molar refractivity (Wildman–Crippen MR) is 88.5 cm³/mol. The molecule has 24 heavy (non-hydrogen) atoms. The molecule has 1 heterocycles. The second-order valence-corrected chi connectivity index (χ2v) is 7.72. The van der Waals surface area contributed by atoms with Crippen LogP contribution in [0.1, 0.15) is 56.2 Å². The third-order valence-electron chi connectivity index (χ3n) is 3.77. The second-order valence-electron chi connectivity index (χ2n) is 7.72. The minimum absolute atomic E-state index is 0.0650. The Bertz CT molecular complexity index is 614. The maximum atomic E-state index is 12.2. The van der Waals surface area contributed by atoms with Crippen LogP contribution in [0.3, 0.4) is 0 Å². The molecule has 0 bridgehead atoms. The van der Waals surface area contributed by atoms with Gasteiger partial charge in [0.2, 0.25) is 6.17 Å². The van der Waals surface area contributed by atoms with E-state index < -0.39 is 0 Å². The quantitative estimate of drug-likeness (QED) is 0.507. The van der Waals surface area contributed by atoms with E-state index in [1.165, 1.54) is 0 Å². The van der Waals surface area contributed by atoms with Crippen molar-refractivity contribution in [2.24, 2.45) is 21.1 Å². The van der Waals surface area contributed by atoms with Gasteiger partial charge in [0.1, 0.15) is 0 Å². The van der Waals surface area contributed by atoms with Gasteiger partial charge in [0.25, 0.3) is 6.47 Å². The fourth-order valence-corrected chi connectivity index (χ4v) is 2.96. The van der Waals surface area contributed by atoms with Crippen LogP contribution in [-0.4, -0.2) is 25.7 Å². The molecule has 1 aliphatic heterocycles. The lowest BCUT2D eigenvalue weighted by atomic mass is 9.76. The second kappa shape index (κ2) is 7.11. The topological polar surface area (TPSA) is 77.3 Å². The van der Waals surface area contributed by atoms with Gasteiger partial charge in [0.15, 0.2) is 0 Å². The minimum atomic E-state index is -0.346. The van der Waals surface area contributed by atoms with Crippen LogP contribution in [0, 0.1) is 10.8 Å². The van der Waals surface area contributed by atoms with Crippen molar-refractivity contribution in [2.75, 3.05) is 13.2 Å². The number of carbonyl (C=O) groups excluding carboxylic acids is 2. The van der Waals surface area contributed by atoms with Crippen molar-refractivity contribution in [3.05, 3.63) is 35.4 Å². The molecule has 6 nitrogen and oxygen atoms in total. The Hall–Kier alpha value is -2.24. The number of nitrogens with zero attached hydrogens (tertiary/aromatic N) is 2. The first kappa shape index (κ1) is 18.1. The van der Waals surface area contributed by atoms with E-state index in [1.54, 1.807) is 12.1 Å². The fourth-order valence-electron chi connectivity index (χ4n) is 2.96. The Morgan fingerprint density at radius 1 is 1.08 bits per heavy atom. The molecule has 0 radical (unpaired) electrons. The van der Waals surface area contributed by atoms with E-state index in [0.717, 1.165) is 12.0 Å². The Morgan fingerprint density at radius 2 is 1.67 bits per heavy atom. The summed E-state index contributed by atoms with van der Waals surface area (Å²) in [5.41, 5.74) is 1.08. The summed E-state index contributed by atoms with van der Waals surface area (Å²) in [5, 5.41) is 7.70. The molecule has 2 rings (SSSR count). The van der Waals surface area contributed by atoms with Gasteiger partial charge in [-0.3, -0.25) is 4.79 Å². The molecule has 130 valence electrons. The summed E-state index contributed by atoms with van der Waals surface area (Å²) in [6.45, 7) is 9.20. The number of hydrogen-bond donors (Lipinski definition) is 0. The van der Waals surface area contributed by atoms with Crippen LogP contribution in [0.5, 0.6) is 0 Å². The average molecular weight is 332 g/mol. The number of hydrogen-bond acceptors (Lipinski definition) is 6. The summed E-state index contributed by atoms with van der Waals surface area (Å²) < 4.78 is 10.3. The van der Waals surface area contributed by atoms with Crippen LogP contribution in [0.25, 0.3) is 0 Å². The largest absolute Gasteiger partial charge is 0.467 e. The highest BCUT2D eigenvalue weighted by molar-refractivity contribution is 5.89. The lowest BCUT2D eigenvalue weighted by Gasteiger charge is -2.33. The predicted octanol–water partition coefficient (Wildman–Crippen LogP) is 3.92. The van der Waals surface area contributed by atoms with Gasteiger partial charge in [0.05, 0.1) is 18.8 Å². The van der Waals surface area contributed by atoms with Gasteiger partial charge in [-0.05, 0) is 29.4 Å². The van der Waals surface area contributed by atoms with E-state index in [-0.39, 0.29) is 23.0 Å². The van der Waals surface area contributed by atoms with Crippen LogP contribution < -0.4 is 0 Å². The fraction of sp³-hybridized carbons (Fsp3) is 0.556. The molecule has 1 aromatic rings. The first-order valence-corrected chi connectivity index (χ1v) is 7.95. The third-order valence-corrected chi connectivity index (χ3v) is 3.77. The van der Waals surface area contributed by atoms with Gasteiger partial charge in [-0.25, -0.2) is 4.79 Å². The lowest BCUT2D eigenvalue weighted by molar-refractivity contribution is -0.132. The van der Waals surface area contributed by atoms with Crippen molar-refractivity contribution >= 4 is 12.4 Å². The van der Waals surface area contributed by atoms with Gasteiger partial charge >= 0.3 is 5.97 Å². The van der Waals surface area contributed by atoms with Crippen molar-refractivity contribution < 1.29 is 19.1 Å². The molecule has 1 aliphatic rings. The van der Waals surface area contributed by atoms with E-state index in [1.807, 2.05) is 39.8 Å². The molecule has 0 saturated carbocycles. The van der Waals surface area contributed by atoms with E-state index in [0.29, 0.717) is 25.2 Å². The van der Waals surface area contributed by atoms with E-state index in [4.69, 9.17) is 9.47 Å². The summed E-state index contributed by atoms with van der Waals surface area (Å²) in [6, 6.07) is 7.14. The third kappa shape index (κ3) is 5.44. The maximum absolute atomic E-state index is 12.2. The Kier molecular flexibility index (Phi) is 5.36. The molecule has 0 atom stereocenters. The molecule has 0 N–H and O–H groups in total. The number of benzene rings is 1. The van der Waals surface area contributed by atoms with Crippen molar-refractivity contribution in [3.63, 3.8) is 0 Å². The summed E-state index contributed by atoms with van der Waals surface area (Å²) in [7, 11) is 0. The Morgan fingerprint density at radius 3 is 2.21 bits per heavy atom. The summed E-state index contributed by atoms with van der Waals surface area (Å²) >= 11 is 0. The molecule has 0 aliphatic carbocycles. The zero-order valence-corrected chi connectivity index (χ0v) is 14.6. The summed E-state index contributed by atoms with van der Waals surface area (Å²) in [4.78, 5) is 22.5. The first-order chi connectivity index (χ1) is 11.2.